The van der Waals surface area contributed by atoms with Crippen LogP contribution >= 0.6 is 0 Å². The molecule has 3 aromatic rings. The fourth-order valence-corrected chi connectivity index (χ4v) is 10.6. The zero-order valence-electron chi connectivity index (χ0n) is 42.4. The first-order valence-electron chi connectivity index (χ1n) is 23.9. The second-order valence-corrected chi connectivity index (χ2v) is 19.5. The molecule has 2 unspecified atom stereocenters. The summed E-state index contributed by atoms with van der Waals surface area (Å²) in [5.74, 6) is -9.94. The normalized spacial score (nSPS) is 27.9. The van der Waals surface area contributed by atoms with Crippen LogP contribution in [0.2, 0.25) is 0 Å². The van der Waals surface area contributed by atoms with Crippen molar-refractivity contribution in [2.75, 3.05) is 33.5 Å². The van der Waals surface area contributed by atoms with Gasteiger partial charge < -0.3 is 58.5 Å². The first kappa shape index (κ1) is 56.5. The molecule has 3 aliphatic carbocycles. The lowest BCUT2D eigenvalue weighted by Gasteiger charge is -2.64. The Morgan fingerprint density at radius 1 is 0.743 bits per heavy atom. The van der Waals surface area contributed by atoms with Crippen LogP contribution < -0.4 is 5.32 Å². The van der Waals surface area contributed by atoms with Crippen molar-refractivity contribution in [3.8, 4) is 0 Å². The molecule has 0 radical (unpaired) electrons. The van der Waals surface area contributed by atoms with Gasteiger partial charge >= 0.3 is 35.8 Å². The topological polar surface area (TPSA) is 283 Å². The number of benzene rings is 3. The largest absolute Gasteiger partial charge is 0.462 e. The molecule has 11 atom stereocenters. The van der Waals surface area contributed by atoms with Crippen molar-refractivity contribution >= 4 is 47.5 Å². The summed E-state index contributed by atoms with van der Waals surface area (Å²) in [6, 6.07) is 21.9. The van der Waals surface area contributed by atoms with E-state index in [1.54, 1.807) is 66.7 Å². The van der Waals surface area contributed by atoms with E-state index in [9.17, 15) is 44.1 Å². The molecule has 398 valence electrons. The maximum Gasteiger partial charge on any atom is 0.350 e. The minimum atomic E-state index is -2.60. The summed E-state index contributed by atoms with van der Waals surface area (Å²) >= 11 is 0. The van der Waals surface area contributed by atoms with Crippen molar-refractivity contribution in [3.05, 3.63) is 119 Å². The second kappa shape index (κ2) is 23.1. The number of carbonyl (C=O) groups is 8. The number of carbonyl (C=O) groups excluding carboxylic acids is 8. The van der Waals surface area contributed by atoms with E-state index in [0.717, 1.165) is 13.8 Å². The minimum absolute atomic E-state index is 0.0280. The Labute approximate surface area is 427 Å². The van der Waals surface area contributed by atoms with Gasteiger partial charge in [0.25, 0.3) is 5.91 Å². The average Bonchev–Trinajstić information content (AvgIpc) is 3.35. The number of amides is 1. The number of aliphatic hydroxyl groups is 3. The Hall–Kier alpha value is -6.84. The second-order valence-electron chi connectivity index (χ2n) is 19.5. The number of Topliss-reactive ketones (excluding diaryl/α,β-unsaturated/α-hetero) is 1. The van der Waals surface area contributed by atoms with E-state index < -0.39 is 144 Å². The van der Waals surface area contributed by atoms with Gasteiger partial charge in [0.2, 0.25) is 6.10 Å². The first-order chi connectivity index (χ1) is 34.9. The molecule has 0 spiro atoms. The highest BCUT2D eigenvalue weighted by Gasteiger charge is 2.75. The predicted octanol–water partition coefficient (Wildman–Crippen LogP) is 3.47. The SMILES string of the molecule is COCCOC(=O)COCC(=O)O[C@@H](C(=O)O[C@H]1C[C@@]2(O)C(OC(=O)c3ccccc3)C3[C@](C)(C(=O)[C@H](OC(C)=O)C(=C1C)C2(C)C)[C@@H](O)C[C@@H](O)[C@]3(C)OC(C)=O)[C@@H](NC(=O)c1ccccc1)c1ccccc1. The fourth-order valence-electron chi connectivity index (χ4n) is 10.6. The van der Waals surface area contributed by atoms with Crippen molar-refractivity contribution in [2.24, 2.45) is 16.7 Å². The van der Waals surface area contributed by atoms with Gasteiger partial charge in [0.05, 0.1) is 35.7 Å². The Kier molecular flexibility index (Phi) is 17.7. The quantitative estimate of drug-likeness (QED) is 0.0614. The summed E-state index contributed by atoms with van der Waals surface area (Å²) < 4.78 is 45.4. The number of nitrogens with one attached hydrogen (secondary N) is 1. The maximum absolute atomic E-state index is 15.7. The van der Waals surface area contributed by atoms with Crippen molar-refractivity contribution in [3.63, 3.8) is 0 Å². The number of fused-ring (bicyclic) bond motifs is 3. The predicted molar refractivity (Wildman–Crippen MR) is 257 cm³/mol. The molecule has 2 fully saturated rings. The minimum Gasteiger partial charge on any atom is -0.462 e. The fraction of sp³-hybridized carbons (Fsp3) is 0.481. The smallest absolute Gasteiger partial charge is 0.350 e. The third kappa shape index (κ3) is 11.4. The van der Waals surface area contributed by atoms with Gasteiger partial charge in [-0.1, -0.05) is 80.6 Å². The van der Waals surface area contributed by atoms with E-state index >= 15 is 9.59 Å². The highest BCUT2D eigenvalue weighted by molar-refractivity contribution is 5.96. The lowest BCUT2D eigenvalue weighted by atomic mass is 9.45. The highest BCUT2D eigenvalue weighted by atomic mass is 16.6. The van der Waals surface area contributed by atoms with Gasteiger partial charge in [0.15, 0.2) is 11.9 Å². The third-order valence-electron chi connectivity index (χ3n) is 14.4. The van der Waals surface area contributed by atoms with E-state index in [-0.39, 0.29) is 41.1 Å². The van der Waals surface area contributed by atoms with E-state index in [4.69, 9.17) is 37.9 Å². The molecule has 1 amide bonds. The summed E-state index contributed by atoms with van der Waals surface area (Å²) in [4.78, 5) is 111. The van der Waals surface area contributed by atoms with Crippen LogP contribution in [-0.4, -0.2) is 144 Å². The van der Waals surface area contributed by atoms with Crippen LogP contribution in [0.4, 0.5) is 0 Å². The number of ether oxygens (including phenoxy) is 8. The number of rotatable bonds is 18. The Morgan fingerprint density at radius 3 is 1.91 bits per heavy atom. The Balaban J connectivity index is 1.53. The van der Waals surface area contributed by atoms with Gasteiger partial charge in [0.1, 0.15) is 49.3 Å². The summed E-state index contributed by atoms with van der Waals surface area (Å²) in [7, 11) is 1.41. The van der Waals surface area contributed by atoms with Crippen molar-refractivity contribution in [1.82, 2.24) is 5.32 Å². The molecule has 4 N–H and O–H groups in total. The van der Waals surface area contributed by atoms with E-state index in [2.05, 4.69) is 5.32 Å². The summed E-state index contributed by atoms with van der Waals surface area (Å²) in [5.41, 5.74) is -8.66. The van der Waals surface area contributed by atoms with Crippen LogP contribution in [0.25, 0.3) is 0 Å². The van der Waals surface area contributed by atoms with Crippen molar-refractivity contribution in [2.45, 2.75) is 115 Å². The zero-order valence-corrected chi connectivity index (χ0v) is 42.4. The van der Waals surface area contributed by atoms with Gasteiger partial charge in [0, 0.05) is 44.8 Å². The molecule has 0 aliphatic heterocycles. The van der Waals surface area contributed by atoms with Crippen LogP contribution in [0.5, 0.6) is 0 Å². The molecule has 20 nitrogen and oxygen atoms in total. The maximum atomic E-state index is 15.7. The molecule has 0 heterocycles. The van der Waals surface area contributed by atoms with Gasteiger partial charge in [-0.15, -0.1) is 0 Å². The summed E-state index contributed by atoms with van der Waals surface area (Å²) in [6.07, 6.45) is -12.7. The summed E-state index contributed by atoms with van der Waals surface area (Å²) in [6.45, 7) is 7.40. The highest BCUT2D eigenvalue weighted by Crippen LogP contribution is 2.62. The first-order valence-corrected chi connectivity index (χ1v) is 23.9. The summed E-state index contributed by atoms with van der Waals surface area (Å²) in [5, 5.41) is 40.6. The molecule has 2 bridgehead atoms. The van der Waals surface area contributed by atoms with Gasteiger partial charge in [-0.25, -0.2) is 19.2 Å². The lowest BCUT2D eigenvalue weighted by Crippen LogP contribution is -2.77. The van der Waals surface area contributed by atoms with E-state index in [1.165, 1.54) is 66.0 Å². The molecule has 20 heteroatoms. The van der Waals surface area contributed by atoms with Crippen molar-refractivity contribution < 1.29 is 91.6 Å². The number of methoxy groups -OCH3 is 1. The number of esters is 6. The lowest BCUT2D eigenvalue weighted by molar-refractivity contribution is -0.279. The number of hydrogen-bond donors (Lipinski definition) is 4. The molecule has 3 aliphatic rings. The molecular formula is C54H63NO19. The number of ketones is 1. The molecule has 74 heavy (non-hydrogen) atoms. The number of hydrogen-bond acceptors (Lipinski definition) is 19. The average molecular weight is 1030 g/mol. The zero-order chi connectivity index (χ0) is 54.3. The third-order valence-corrected chi connectivity index (χ3v) is 14.4. The number of aliphatic hydroxyl groups excluding tert-OH is 2. The monoisotopic (exact) mass is 1030 g/mol. The van der Waals surface area contributed by atoms with Crippen molar-refractivity contribution in [1.29, 1.82) is 0 Å². The van der Waals surface area contributed by atoms with E-state index in [0.29, 0.717) is 0 Å². The van der Waals surface area contributed by atoms with Crippen LogP contribution in [0.15, 0.2) is 102 Å². The molecule has 6 rings (SSSR count). The molecule has 2 saturated carbocycles. The van der Waals surface area contributed by atoms with Gasteiger partial charge in [-0.05, 0) is 61.7 Å². The van der Waals surface area contributed by atoms with Crippen LogP contribution in [0.3, 0.4) is 0 Å². The Bertz CT molecular complexity index is 2600. The van der Waals surface area contributed by atoms with Gasteiger partial charge in [-0.2, -0.15) is 0 Å². The molecule has 0 saturated heterocycles. The standard InChI is InChI=1S/C54H63NO19/c1-30-36(71-50(65)44(72-40(61)29-68-28-39(60)69-25-24-67-8)42(33-18-12-9-13-19-33)55-48(63)34-20-14-10-15-21-34)27-54(66)47(73-49(64)35-22-16-11-17-23-35)45-52(6,37(58)26-38(59)53(45,7)74-32(3)57)46(62)43(70-31(2)56)41(30)51(54,4)5/h9-23,36-38,42-45,47,58-59,66H,24-29H2,1-8H3,(H,55,63)/t36-,37-,38+,42-,43+,44+,45?,47?,52+,53-,54+/m0/s1. The van der Waals surface area contributed by atoms with Crippen LogP contribution in [0.1, 0.15) is 93.6 Å². The Morgan fingerprint density at radius 2 is 1.32 bits per heavy atom. The molecule has 3 aromatic carbocycles. The van der Waals surface area contributed by atoms with Gasteiger partial charge in [-0.3, -0.25) is 19.2 Å². The van der Waals surface area contributed by atoms with E-state index in [1.807, 2.05) is 0 Å². The molecular weight excluding hydrogens is 967 g/mol. The van der Waals surface area contributed by atoms with Crippen LogP contribution in [0, 0.1) is 16.7 Å². The van der Waals surface area contributed by atoms with Crippen LogP contribution in [-0.2, 0) is 66.7 Å². The molecule has 0 aromatic heterocycles.